The van der Waals surface area contributed by atoms with Crippen molar-refractivity contribution in [2.45, 2.75) is 149 Å². The lowest BCUT2D eigenvalue weighted by Crippen LogP contribution is -2.35. The van der Waals surface area contributed by atoms with Crippen LogP contribution >= 0.6 is 11.3 Å². The van der Waals surface area contributed by atoms with E-state index in [4.69, 9.17) is 4.98 Å². The van der Waals surface area contributed by atoms with Crippen molar-refractivity contribution < 1.29 is 49.2 Å². The fourth-order valence-electron chi connectivity index (χ4n) is 15.8. The SMILES string of the molecule is Cc1ccc(CC(C)(C)C)cc1-c1c2ccccc2nc[n+]1C.Cc1ccccc1-c1c2c(CC(C)(C)C(F)(F)F)cccc2nc[n+]1C.Cc1ccccc1-c1c2cc(CC(C)(C)C)ccc2nc[n+]1C.Cc1ccccc1-c1c2cccc(CC(C)(C)C(F)(F)F)c2nc[n+]1C.Cc1ccccc1-c1c2sc3c(C)cccc3c2nc[n+]1C. The Kier molecular flexibility index (Phi) is 25.9. The summed E-state index contributed by atoms with van der Waals surface area (Å²) in [5, 5.41) is 5.33. The van der Waals surface area contributed by atoms with E-state index in [9.17, 15) is 26.3 Å². The predicted octanol–water partition coefficient (Wildman–Crippen LogP) is 24.1. The lowest BCUT2D eigenvalue weighted by atomic mass is 9.83. The molecular formula is C103H111F6N10S+5. The number of para-hydroxylation sites is 2. The molecule has 16 rings (SSSR count). The Bertz CT molecular complexity index is 6460. The van der Waals surface area contributed by atoms with Crippen LogP contribution in [0.4, 0.5) is 26.3 Å². The first kappa shape index (κ1) is 87.7. The summed E-state index contributed by atoms with van der Waals surface area (Å²) < 4.78 is 93.3. The molecule has 0 atom stereocenters. The molecule has 120 heavy (non-hydrogen) atoms. The molecule has 0 bridgehead atoms. The minimum absolute atomic E-state index is 0.0988. The highest BCUT2D eigenvalue weighted by molar-refractivity contribution is 7.26. The van der Waals surface area contributed by atoms with Crippen LogP contribution in [0.15, 0.2) is 244 Å². The molecule has 0 saturated carbocycles. The van der Waals surface area contributed by atoms with E-state index in [1.165, 1.54) is 120 Å². The summed E-state index contributed by atoms with van der Waals surface area (Å²) in [7, 11) is 10.0. The monoisotopic (exact) mass is 1630 g/mol. The summed E-state index contributed by atoms with van der Waals surface area (Å²) >= 11 is 1.85. The number of hydrogen-bond acceptors (Lipinski definition) is 6. The van der Waals surface area contributed by atoms with Gasteiger partial charge in [-0.3, -0.25) is 0 Å². The lowest BCUT2D eigenvalue weighted by Gasteiger charge is -2.28. The minimum Gasteiger partial charge on any atom is -0.232 e. The molecule has 10 nitrogen and oxygen atoms in total. The van der Waals surface area contributed by atoms with E-state index in [-0.39, 0.29) is 23.7 Å². The fourth-order valence-corrected chi connectivity index (χ4v) is 17.2. The number of thiophene rings is 1. The molecule has 0 N–H and O–H groups in total. The molecule has 0 saturated heterocycles. The number of rotatable bonds is 11. The van der Waals surface area contributed by atoms with Gasteiger partial charge >= 0.3 is 12.4 Å². The van der Waals surface area contributed by atoms with Crippen molar-refractivity contribution in [3.05, 3.63) is 300 Å². The number of fused-ring (bicyclic) bond motifs is 7. The van der Waals surface area contributed by atoms with Crippen molar-refractivity contribution >= 4 is 75.3 Å². The van der Waals surface area contributed by atoms with Gasteiger partial charge in [-0.25, -0.2) is 22.8 Å². The van der Waals surface area contributed by atoms with Crippen LogP contribution in [0.1, 0.15) is 125 Å². The maximum absolute atomic E-state index is 13.5. The summed E-state index contributed by atoms with van der Waals surface area (Å²) in [6, 6.07) is 72.2. The topological polar surface area (TPSA) is 83.8 Å². The van der Waals surface area contributed by atoms with Crippen LogP contribution < -0.4 is 22.8 Å². The Morgan fingerprint density at radius 1 is 0.283 bits per heavy atom. The van der Waals surface area contributed by atoms with Gasteiger partial charge in [-0.1, -0.05) is 233 Å². The molecular weight excluding hydrogens is 1520 g/mol. The first-order valence-electron chi connectivity index (χ1n) is 40.8. The van der Waals surface area contributed by atoms with Gasteiger partial charge in [0.2, 0.25) is 5.52 Å². The van der Waals surface area contributed by atoms with Crippen molar-refractivity contribution in [2.24, 2.45) is 56.9 Å². The summed E-state index contributed by atoms with van der Waals surface area (Å²) in [6.07, 6.45) is 2.52. The van der Waals surface area contributed by atoms with E-state index in [2.05, 4.69) is 245 Å². The van der Waals surface area contributed by atoms with Crippen molar-refractivity contribution in [2.75, 3.05) is 0 Å². The number of nitrogens with zero attached hydrogens (tertiary/aromatic N) is 10. The molecule has 0 amide bonds. The van der Waals surface area contributed by atoms with Gasteiger partial charge in [-0.05, 0) is 202 Å². The Balaban J connectivity index is 0.000000138. The van der Waals surface area contributed by atoms with Crippen LogP contribution in [-0.2, 0) is 60.9 Å². The third-order valence-corrected chi connectivity index (χ3v) is 23.7. The average Bonchev–Trinajstić information content (AvgIpc) is 1.48. The molecule has 6 heterocycles. The Hall–Kier alpha value is -11.6. The summed E-state index contributed by atoms with van der Waals surface area (Å²) in [6.45, 7) is 31.4. The maximum Gasteiger partial charge on any atom is 0.394 e. The number of halogens is 6. The molecule has 0 aliphatic carbocycles. The largest absolute Gasteiger partial charge is 0.394 e. The zero-order chi connectivity index (χ0) is 86.7. The number of aromatic nitrogens is 10. The first-order valence-corrected chi connectivity index (χ1v) is 41.6. The highest BCUT2D eigenvalue weighted by Gasteiger charge is 2.49. The number of alkyl halides is 6. The second-order valence-electron chi connectivity index (χ2n) is 35.7. The van der Waals surface area contributed by atoms with Crippen molar-refractivity contribution in [1.29, 1.82) is 0 Å². The van der Waals surface area contributed by atoms with E-state index < -0.39 is 23.2 Å². The zero-order valence-corrected chi connectivity index (χ0v) is 73.9. The van der Waals surface area contributed by atoms with Crippen molar-refractivity contribution in [3.63, 3.8) is 0 Å². The zero-order valence-electron chi connectivity index (χ0n) is 73.1. The quantitative estimate of drug-likeness (QED) is 0.0952. The average molecular weight is 1640 g/mol. The number of aryl methyl sites for hydroxylation is 11. The van der Waals surface area contributed by atoms with Gasteiger partial charge in [0, 0.05) is 43.5 Å². The van der Waals surface area contributed by atoms with Gasteiger partial charge in [-0.15, -0.1) is 11.3 Å². The number of hydrogen-bond donors (Lipinski definition) is 0. The Morgan fingerprint density at radius 3 is 1.18 bits per heavy atom. The molecule has 0 spiro atoms. The Labute approximate surface area is 706 Å². The van der Waals surface area contributed by atoms with E-state index in [0.717, 1.165) is 73.8 Å². The smallest absolute Gasteiger partial charge is 0.232 e. The highest BCUT2D eigenvalue weighted by Crippen LogP contribution is 2.45. The van der Waals surface area contributed by atoms with Crippen LogP contribution in [0.5, 0.6) is 0 Å². The summed E-state index contributed by atoms with van der Waals surface area (Å²) in [4.78, 5) is 22.7. The molecule has 616 valence electrons. The molecule has 6 aromatic heterocycles. The third-order valence-electron chi connectivity index (χ3n) is 22.3. The van der Waals surface area contributed by atoms with Gasteiger partial charge in [0.05, 0.1) is 67.6 Å². The van der Waals surface area contributed by atoms with Crippen LogP contribution in [0.3, 0.4) is 0 Å². The van der Waals surface area contributed by atoms with E-state index in [1.54, 1.807) is 30.9 Å². The third kappa shape index (κ3) is 19.5. The standard InChI is InChI=1S/2C21H22F3N2.2C21H25N2.C19H17N2S/c1-14-8-5-6-10-16(14)19-18-15(12-20(2,3)21(22,23)24)9-7-11-17(18)25-13-26(19)4;1-14-8-5-6-10-16(14)19-17-11-7-9-15(18(17)25-13-26(19)4)12-20(2,3)21(22,23)24;1-15-10-11-16(13-21(2,3)4)12-18(15)20-17-8-6-7-9-19(17)22-14-23(20)5;1-15-8-6-7-9-17(15)20-18-12-16(13-21(2,3)4)10-11-19(18)22-14-23(20)5;1-12-7-4-5-9-14(12)17-19-16(20-11-21(17)3)15-10-6-8-13(2)18(15)22-19/h2*5-11,13H,12H2,1-4H3;2*6-12,14H,13H2,1-5H3;4-11H,1-3H3/q5*+1. The predicted molar refractivity (Wildman–Crippen MR) is 479 cm³/mol. The van der Waals surface area contributed by atoms with Crippen LogP contribution in [-0.4, -0.2) is 37.3 Å². The van der Waals surface area contributed by atoms with E-state index in [1.807, 2.05) is 140 Å². The van der Waals surface area contributed by atoms with Gasteiger partial charge < -0.3 is 0 Å². The molecule has 17 heteroatoms. The summed E-state index contributed by atoms with van der Waals surface area (Å²) in [5.74, 6) is 0. The highest BCUT2D eigenvalue weighted by atomic mass is 32.1. The minimum atomic E-state index is -4.28. The second kappa shape index (κ2) is 35.4. The molecule has 0 radical (unpaired) electrons. The van der Waals surface area contributed by atoms with Crippen molar-refractivity contribution in [1.82, 2.24) is 24.9 Å². The van der Waals surface area contributed by atoms with Gasteiger partial charge in [0.15, 0.2) is 27.8 Å². The molecule has 16 aromatic rings. The fraction of sp³-hybridized carbons (Fsp3) is 0.301. The second-order valence-corrected chi connectivity index (χ2v) is 36.8. The van der Waals surface area contributed by atoms with E-state index in [0.29, 0.717) is 22.2 Å². The van der Waals surface area contributed by atoms with Crippen LogP contribution in [0.25, 0.3) is 120 Å². The van der Waals surface area contributed by atoms with Crippen molar-refractivity contribution in [3.8, 4) is 56.3 Å². The molecule has 0 fully saturated rings. The Morgan fingerprint density at radius 2 is 0.642 bits per heavy atom. The molecule has 0 aliphatic rings. The summed E-state index contributed by atoms with van der Waals surface area (Å²) in [5.41, 5.74) is 24.4. The van der Waals surface area contributed by atoms with Gasteiger partial charge in [-0.2, -0.15) is 26.3 Å². The van der Waals surface area contributed by atoms with E-state index >= 15 is 0 Å². The normalized spacial score (nSPS) is 12.1. The van der Waals surface area contributed by atoms with Crippen LogP contribution in [0.2, 0.25) is 0 Å². The van der Waals surface area contributed by atoms with Crippen LogP contribution in [0, 0.1) is 63.2 Å². The first-order chi connectivity index (χ1) is 56.6. The number of benzene rings is 10. The maximum atomic E-state index is 13.5. The molecule has 0 aliphatic heterocycles. The molecule has 10 aromatic carbocycles. The molecule has 0 unspecified atom stereocenters. The van der Waals surface area contributed by atoms with Gasteiger partial charge in [0.25, 0.3) is 31.6 Å². The lowest BCUT2D eigenvalue weighted by molar-refractivity contribution is -0.662. The van der Waals surface area contributed by atoms with Gasteiger partial charge in [0.1, 0.15) is 27.5 Å².